The Bertz CT molecular complexity index is 962. The molecule has 0 fully saturated rings. The molecule has 0 radical (unpaired) electrons. The number of hydrogen-bond acceptors (Lipinski definition) is 1. The van der Waals surface area contributed by atoms with E-state index in [-0.39, 0.29) is 5.82 Å². The van der Waals surface area contributed by atoms with E-state index in [1.165, 1.54) is 16.8 Å². The first-order valence-corrected chi connectivity index (χ1v) is 9.70. The van der Waals surface area contributed by atoms with Crippen LogP contribution in [0.15, 0.2) is 48.1 Å². The molecule has 0 N–H and O–H groups in total. The van der Waals surface area contributed by atoms with Gasteiger partial charge in [0.25, 0.3) is 0 Å². The third-order valence-corrected chi connectivity index (χ3v) is 6.46. The van der Waals surface area contributed by atoms with E-state index < -0.39 is 0 Å². The molecule has 2 heterocycles. The minimum atomic E-state index is -0.148. The zero-order valence-electron chi connectivity index (χ0n) is 15.5. The second-order valence-corrected chi connectivity index (χ2v) is 8.11. The Morgan fingerprint density at radius 1 is 1.27 bits per heavy atom. The molecule has 3 aliphatic rings. The predicted molar refractivity (Wildman–Crippen MR) is 105 cm³/mol. The van der Waals surface area contributed by atoms with Crippen molar-refractivity contribution in [1.29, 1.82) is 0 Å². The van der Waals surface area contributed by atoms with Crippen molar-refractivity contribution in [2.45, 2.75) is 26.3 Å². The first-order valence-electron chi connectivity index (χ1n) is 9.70. The smallest absolute Gasteiger partial charge is 0.123 e. The molecule has 5 rings (SSSR count). The lowest BCUT2D eigenvalue weighted by molar-refractivity contribution is 0.333. The fraction of sp³-hybridized carbons (Fsp3) is 0.391. The van der Waals surface area contributed by atoms with Crippen LogP contribution >= 0.6 is 0 Å². The fourth-order valence-corrected chi connectivity index (χ4v) is 5.02. The maximum absolute atomic E-state index is 13.9. The summed E-state index contributed by atoms with van der Waals surface area (Å²) < 4.78 is 16.3. The highest BCUT2D eigenvalue weighted by Gasteiger charge is 2.34. The number of benzene rings is 1. The monoisotopic (exact) mass is 348 g/mol. The van der Waals surface area contributed by atoms with Crippen molar-refractivity contribution >= 4 is 17.1 Å². The van der Waals surface area contributed by atoms with Gasteiger partial charge < -0.3 is 9.47 Å². The van der Waals surface area contributed by atoms with Gasteiger partial charge in [0.1, 0.15) is 5.82 Å². The molecule has 2 bridgehead atoms. The Morgan fingerprint density at radius 2 is 2.15 bits per heavy atom. The van der Waals surface area contributed by atoms with Gasteiger partial charge in [-0.05, 0) is 67.6 Å². The summed E-state index contributed by atoms with van der Waals surface area (Å²) in [4.78, 5) is 2.34. The van der Waals surface area contributed by atoms with E-state index in [2.05, 4.69) is 53.9 Å². The standard InChI is InChI=1S/C23H25FN2/c1-15-16-5-7-19(15)17(12-16)9-11-26-22-4-3-10-25(2)14-21(22)20-13-18(24)6-8-23(20)26/h5-9,11-13,15,17,19H,3-4,10,14H2,1-2H3/b11-9+/t15-,17?,19?/m1/s1. The lowest BCUT2D eigenvalue weighted by atomic mass is 9.91. The van der Waals surface area contributed by atoms with Crippen molar-refractivity contribution in [3.05, 3.63) is 65.2 Å². The highest BCUT2D eigenvalue weighted by Crippen LogP contribution is 2.44. The van der Waals surface area contributed by atoms with E-state index >= 15 is 0 Å². The van der Waals surface area contributed by atoms with Crippen LogP contribution in [0.1, 0.15) is 24.6 Å². The summed E-state index contributed by atoms with van der Waals surface area (Å²) in [6.07, 6.45) is 13.8. The molecule has 2 nitrogen and oxygen atoms in total. The highest BCUT2D eigenvalue weighted by molar-refractivity contribution is 5.87. The summed E-state index contributed by atoms with van der Waals surface area (Å²) in [5.41, 5.74) is 5.25. The summed E-state index contributed by atoms with van der Waals surface area (Å²) in [6.45, 7) is 4.31. The van der Waals surface area contributed by atoms with Gasteiger partial charge in [-0.1, -0.05) is 31.2 Å². The summed E-state index contributed by atoms with van der Waals surface area (Å²) >= 11 is 0. The van der Waals surface area contributed by atoms with Gasteiger partial charge in [-0.25, -0.2) is 4.39 Å². The maximum atomic E-state index is 13.9. The van der Waals surface area contributed by atoms with Gasteiger partial charge in [0.2, 0.25) is 0 Å². The number of fused-ring (bicyclic) bond motifs is 5. The zero-order valence-corrected chi connectivity index (χ0v) is 15.5. The van der Waals surface area contributed by atoms with Crippen LogP contribution in [-0.4, -0.2) is 23.1 Å². The van der Waals surface area contributed by atoms with Crippen molar-refractivity contribution in [2.75, 3.05) is 13.6 Å². The molecule has 3 atom stereocenters. The van der Waals surface area contributed by atoms with Crippen LogP contribution in [-0.2, 0) is 13.0 Å². The summed E-state index contributed by atoms with van der Waals surface area (Å²) in [7, 11) is 2.16. The zero-order chi connectivity index (χ0) is 17.8. The molecule has 0 saturated heterocycles. The van der Waals surface area contributed by atoms with E-state index in [1.807, 2.05) is 6.07 Å². The Kier molecular flexibility index (Phi) is 3.68. The third kappa shape index (κ3) is 2.41. The molecule has 26 heavy (non-hydrogen) atoms. The topological polar surface area (TPSA) is 8.17 Å². The van der Waals surface area contributed by atoms with Crippen molar-refractivity contribution < 1.29 is 4.39 Å². The average molecular weight is 348 g/mol. The lowest BCUT2D eigenvalue weighted by Gasteiger charge is -2.14. The summed E-state index contributed by atoms with van der Waals surface area (Å²) in [5.74, 6) is 1.58. The molecule has 134 valence electrons. The van der Waals surface area contributed by atoms with Gasteiger partial charge in [-0.2, -0.15) is 0 Å². The molecule has 1 aromatic heterocycles. The second-order valence-electron chi connectivity index (χ2n) is 8.11. The van der Waals surface area contributed by atoms with Crippen LogP contribution < -0.4 is 0 Å². The van der Waals surface area contributed by atoms with E-state index in [1.54, 1.807) is 12.1 Å². The number of allylic oxidation sites excluding steroid dienone is 5. The molecule has 0 spiro atoms. The fourth-order valence-electron chi connectivity index (χ4n) is 5.02. The molecular formula is C23H25FN2. The quantitative estimate of drug-likeness (QED) is 0.741. The van der Waals surface area contributed by atoms with Crippen LogP contribution in [0.5, 0.6) is 0 Å². The van der Waals surface area contributed by atoms with E-state index in [4.69, 9.17) is 0 Å². The molecule has 2 unspecified atom stereocenters. The van der Waals surface area contributed by atoms with Gasteiger partial charge in [0.15, 0.2) is 0 Å². The largest absolute Gasteiger partial charge is 0.320 e. The first kappa shape index (κ1) is 16.1. The van der Waals surface area contributed by atoms with Gasteiger partial charge in [-0.15, -0.1) is 0 Å². The van der Waals surface area contributed by atoms with E-state index in [0.717, 1.165) is 36.8 Å². The first-order chi connectivity index (χ1) is 12.6. The van der Waals surface area contributed by atoms with Crippen LogP contribution in [0, 0.1) is 23.6 Å². The predicted octanol–water partition coefficient (Wildman–Crippen LogP) is 5.01. The lowest BCUT2D eigenvalue weighted by Crippen LogP contribution is -2.17. The number of aromatic nitrogens is 1. The molecule has 3 heteroatoms. The van der Waals surface area contributed by atoms with E-state index in [9.17, 15) is 4.39 Å². The molecule has 1 aromatic carbocycles. The minimum Gasteiger partial charge on any atom is -0.320 e. The SMILES string of the molecule is C[C@@H]1C2=CC(/C=C/n3c4c(c5cc(F)ccc53)CN(C)CCC4)C1C=C2. The normalized spacial score (nSPS) is 28.1. The van der Waals surface area contributed by atoms with Gasteiger partial charge in [0.05, 0.1) is 5.52 Å². The van der Waals surface area contributed by atoms with Crippen LogP contribution in [0.25, 0.3) is 17.1 Å². The average Bonchev–Trinajstić information content (AvgIpc) is 3.16. The Balaban J connectivity index is 1.59. The maximum Gasteiger partial charge on any atom is 0.123 e. The summed E-state index contributed by atoms with van der Waals surface area (Å²) in [5, 5.41) is 1.07. The van der Waals surface area contributed by atoms with Crippen molar-refractivity contribution in [1.82, 2.24) is 9.47 Å². The minimum absolute atomic E-state index is 0.148. The Morgan fingerprint density at radius 3 is 2.92 bits per heavy atom. The number of rotatable bonds is 2. The molecule has 0 amide bonds. The molecule has 1 aliphatic heterocycles. The number of nitrogens with zero attached hydrogens (tertiary/aromatic N) is 2. The van der Waals surface area contributed by atoms with Crippen molar-refractivity contribution in [2.24, 2.45) is 17.8 Å². The molecule has 2 aromatic rings. The second kappa shape index (κ2) is 5.95. The molecular weight excluding hydrogens is 323 g/mol. The van der Waals surface area contributed by atoms with Crippen LogP contribution in [0.4, 0.5) is 4.39 Å². The number of halogens is 1. The van der Waals surface area contributed by atoms with Crippen LogP contribution in [0.3, 0.4) is 0 Å². The van der Waals surface area contributed by atoms with Gasteiger partial charge >= 0.3 is 0 Å². The highest BCUT2D eigenvalue weighted by atomic mass is 19.1. The number of hydrogen-bond donors (Lipinski definition) is 0. The van der Waals surface area contributed by atoms with Crippen molar-refractivity contribution in [3.63, 3.8) is 0 Å². The van der Waals surface area contributed by atoms with Crippen LogP contribution in [0.2, 0.25) is 0 Å². The molecule has 2 aliphatic carbocycles. The molecule has 0 saturated carbocycles. The van der Waals surface area contributed by atoms with Gasteiger partial charge in [0, 0.05) is 29.7 Å². The van der Waals surface area contributed by atoms with Gasteiger partial charge in [-0.3, -0.25) is 0 Å². The van der Waals surface area contributed by atoms with E-state index in [0.29, 0.717) is 17.8 Å². The Labute approximate surface area is 154 Å². The summed E-state index contributed by atoms with van der Waals surface area (Å²) in [6, 6.07) is 5.23. The third-order valence-electron chi connectivity index (χ3n) is 6.46. The Hall–Kier alpha value is -2.13. The van der Waals surface area contributed by atoms with Crippen molar-refractivity contribution in [3.8, 4) is 0 Å².